The van der Waals surface area contributed by atoms with Crippen molar-refractivity contribution in [3.05, 3.63) is 0 Å². The third-order valence-corrected chi connectivity index (χ3v) is 0.765. The topological polar surface area (TPSA) is 40.1 Å². The van der Waals surface area contributed by atoms with E-state index in [0.29, 0.717) is 12.8 Å². The molecular weight excluding hydrogens is 150 g/mol. The summed E-state index contributed by atoms with van der Waals surface area (Å²) in [5, 5.41) is 9.64. The molecular formula is C5H8FKO2. The molecule has 0 atom stereocenters. The van der Waals surface area contributed by atoms with E-state index in [4.69, 9.17) is 0 Å². The van der Waals surface area contributed by atoms with E-state index in [0.717, 1.165) is 0 Å². The number of carbonyl (C=O) groups is 1. The van der Waals surface area contributed by atoms with Crippen molar-refractivity contribution in [1.29, 1.82) is 0 Å². The average Bonchev–Trinajstić information content (AvgIpc) is 1.66. The minimum atomic E-state index is -1.10. The first-order chi connectivity index (χ1) is 3.77. The minimum Gasteiger partial charge on any atom is -0.550 e. The van der Waals surface area contributed by atoms with Gasteiger partial charge in [-0.1, -0.05) is 0 Å². The van der Waals surface area contributed by atoms with Crippen molar-refractivity contribution < 1.29 is 65.7 Å². The van der Waals surface area contributed by atoms with Gasteiger partial charge in [-0.3, -0.25) is 4.39 Å². The summed E-state index contributed by atoms with van der Waals surface area (Å²) < 4.78 is 11.2. The number of halogens is 1. The molecule has 0 saturated heterocycles. The maximum Gasteiger partial charge on any atom is 1.00 e. The Bertz CT molecular complexity index is 77.4. The van der Waals surface area contributed by atoms with Crippen LogP contribution in [0.3, 0.4) is 0 Å². The zero-order chi connectivity index (χ0) is 6.41. The number of hydrogen-bond donors (Lipinski definition) is 0. The van der Waals surface area contributed by atoms with Crippen molar-refractivity contribution in [1.82, 2.24) is 0 Å². The summed E-state index contributed by atoms with van der Waals surface area (Å²) >= 11 is 0. The second-order valence-corrected chi connectivity index (χ2v) is 1.52. The van der Waals surface area contributed by atoms with Crippen LogP contribution in [0.15, 0.2) is 0 Å². The second kappa shape index (κ2) is 9.04. The van der Waals surface area contributed by atoms with Gasteiger partial charge in [-0.15, -0.1) is 0 Å². The molecule has 0 amide bonds. The van der Waals surface area contributed by atoms with E-state index in [1.165, 1.54) is 0 Å². The molecule has 0 N–H and O–H groups in total. The normalized spacial score (nSPS) is 8.11. The van der Waals surface area contributed by atoms with Gasteiger partial charge in [0.25, 0.3) is 0 Å². The van der Waals surface area contributed by atoms with Gasteiger partial charge in [0, 0.05) is 5.97 Å². The fourth-order valence-electron chi connectivity index (χ4n) is 0.364. The standard InChI is InChI=1S/C5H9FO2.K/c6-4-2-1-3-5(7)8;/h1-4H2,(H,7,8);/q;+1/p-1. The molecule has 0 saturated carbocycles. The first-order valence-electron chi connectivity index (χ1n) is 2.53. The summed E-state index contributed by atoms with van der Waals surface area (Å²) in [7, 11) is 0. The van der Waals surface area contributed by atoms with Crippen molar-refractivity contribution in [2.24, 2.45) is 0 Å². The van der Waals surface area contributed by atoms with Gasteiger partial charge in [0.1, 0.15) is 0 Å². The largest absolute Gasteiger partial charge is 1.00 e. The molecule has 0 aromatic carbocycles. The minimum absolute atomic E-state index is 0. The molecule has 0 aromatic heterocycles. The zero-order valence-corrected chi connectivity index (χ0v) is 8.65. The fraction of sp³-hybridized carbons (Fsp3) is 0.800. The van der Waals surface area contributed by atoms with Crippen LogP contribution in [0.2, 0.25) is 0 Å². The zero-order valence-electron chi connectivity index (χ0n) is 5.52. The van der Waals surface area contributed by atoms with Crippen LogP contribution in [-0.2, 0) is 4.79 Å². The van der Waals surface area contributed by atoms with E-state index in [-0.39, 0.29) is 57.8 Å². The number of hydrogen-bond acceptors (Lipinski definition) is 2. The van der Waals surface area contributed by atoms with E-state index in [2.05, 4.69) is 0 Å². The molecule has 0 aromatic rings. The molecule has 0 aliphatic carbocycles. The van der Waals surface area contributed by atoms with E-state index in [1.54, 1.807) is 0 Å². The molecule has 9 heavy (non-hydrogen) atoms. The molecule has 48 valence electrons. The maximum absolute atomic E-state index is 11.2. The van der Waals surface area contributed by atoms with Gasteiger partial charge in [0.05, 0.1) is 6.67 Å². The summed E-state index contributed by atoms with van der Waals surface area (Å²) in [4.78, 5) is 9.64. The fourth-order valence-corrected chi connectivity index (χ4v) is 0.364. The van der Waals surface area contributed by atoms with Gasteiger partial charge in [0.2, 0.25) is 0 Å². The quantitative estimate of drug-likeness (QED) is 0.321. The van der Waals surface area contributed by atoms with Gasteiger partial charge in [0.15, 0.2) is 0 Å². The molecule has 4 heteroatoms. The van der Waals surface area contributed by atoms with Crippen molar-refractivity contribution in [3.63, 3.8) is 0 Å². The van der Waals surface area contributed by atoms with Crippen molar-refractivity contribution >= 4 is 5.97 Å². The first kappa shape index (κ1) is 12.7. The molecule has 0 spiro atoms. The maximum atomic E-state index is 11.2. The van der Waals surface area contributed by atoms with Gasteiger partial charge in [-0.25, -0.2) is 0 Å². The Morgan fingerprint density at radius 1 is 1.44 bits per heavy atom. The summed E-state index contributed by atoms with van der Waals surface area (Å²) in [5.41, 5.74) is 0. The Morgan fingerprint density at radius 3 is 2.33 bits per heavy atom. The van der Waals surface area contributed by atoms with Crippen molar-refractivity contribution in [3.8, 4) is 0 Å². The van der Waals surface area contributed by atoms with Gasteiger partial charge >= 0.3 is 51.4 Å². The molecule has 0 aliphatic rings. The van der Waals surface area contributed by atoms with Crippen LogP contribution < -0.4 is 56.5 Å². The number of alkyl halides is 1. The van der Waals surface area contributed by atoms with Crippen molar-refractivity contribution in [2.45, 2.75) is 19.3 Å². The summed E-state index contributed by atoms with van der Waals surface area (Å²) in [6.45, 7) is -0.437. The van der Waals surface area contributed by atoms with Gasteiger partial charge in [-0.2, -0.15) is 0 Å². The molecule has 0 bridgehead atoms. The number of carboxylic acids is 1. The summed E-state index contributed by atoms with van der Waals surface area (Å²) in [6.07, 6.45) is 0.691. The van der Waals surface area contributed by atoms with Gasteiger partial charge in [-0.05, 0) is 19.3 Å². The van der Waals surface area contributed by atoms with Crippen LogP contribution in [0.4, 0.5) is 4.39 Å². The summed E-state index contributed by atoms with van der Waals surface area (Å²) in [5.74, 6) is -1.10. The van der Waals surface area contributed by atoms with E-state index >= 15 is 0 Å². The van der Waals surface area contributed by atoms with E-state index < -0.39 is 12.6 Å². The predicted octanol–water partition coefficient (Wildman–Crippen LogP) is -3.12. The van der Waals surface area contributed by atoms with Crippen LogP contribution in [0.5, 0.6) is 0 Å². The predicted molar refractivity (Wildman–Crippen MR) is 24.8 cm³/mol. The molecule has 0 aliphatic heterocycles. The van der Waals surface area contributed by atoms with Crippen LogP contribution in [0.25, 0.3) is 0 Å². The third kappa shape index (κ3) is 12.3. The van der Waals surface area contributed by atoms with Crippen LogP contribution in [0, 0.1) is 0 Å². The Balaban J connectivity index is 0. The summed E-state index contributed by atoms with van der Waals surface area (Å²) in [6, 6.07) is 0. The SMILES string of the molecule is O=C([O-])CCCCF.[K+]. The van der Waals surface area contributed by atoms with Gasteiger partial charge < -0.3 is 9.90 Å². The molecule has 0 fully saturated rings. The molecule has 2 nitrogen and oxygen atoms in total. The number of rotatable bonds is 4. The van der Waals surface area contributed by atoms with Crippen LogP contribution >= 0.6 is 0 Å². The molecule has 0 radical (unpaired) electrons. The number of aliphatic carboxylic acids is 1. The Labute approximate surface area is 96.2 Å². The van der Waals surface area contributed by atoms with Crippen LogP contribution in [0.1, 0.15) is 19.3 Å². The molecule has 0 rings (SSSR count). The third-order valence-electron chi connectivity index (χ3n) is 0.765. The number of carbonyl (C=O) groups excluding carboxylic acids is 1. The van der Waals surface area contributed by atoms with Crippen molar-refractivity contribution in [2.75, 3.05) is 6.67 Å². The Hall–Kier alpha value is 1.04. The smallest absolute Gasteiger partial charge is 0.550 e. The Morgan fingerprint density at radius 2 is 2.00 bits per heavy atom. The molecule has 0 unspecified atom stereocenters. The molecule has 0 heterocycles. The number of carboxylic acid groups (broad SMARTS) is 1. The van der Waals surface area contributed by atoms with E-state index in [1.807, 2.05) is 0 Å². The van der Waals surface area contributed by atoms with E-state index in [9.17, 15) is 14.3 Å². The number of unbranched alkanes of at least 4 members (excludes halogenated alkanes) is 1. The monoisotopic (exact) mass is 158 g/mol. The Kier molecular flexibility index (Phi) is 12.7. The first-order valence-corrected chi connectivity index (χ1v) is 2.53. The average molecular weight is 158 g/mol. The van der Waals surface area contributed by atoms with Crippen LogP contribution in [-0.4, -0.2) is 12.6 Å². The second-order valence-electron chi connectivity index (χ2n) is 1.52.